The monoisotopic (exact) mass is 771 g/mol. The zero-order valence-corrected chi connectivity index (χ0v) is 25.3. The predicted octanol–water partition coefficient (Wildman–Crippen LogP) is 6.07. The summed E-state index contributed by atoms with van der Waals surface area (Å²) in [7, 11) is 1.54. The molecule has 0 spiro atoms. The first-order chi connectivity index (χ1) is 18.6. The Kier molecular flexibility index (Phi) is 9.45. The van der Waals surface area contributed by atoms with Crippen LogP contribution in [0.1, 0.15) is 11.1 Å². The summed E-state index contributed by atoms with van der Waals surface area (Å²) in [6.07, 6.45) is 1.61. The number of amides is 3. The molecule has 0 unspecified atom stereocenters. The summed E-state index contributed by atoms with van der Waals surface area (Å²) in [5.41, 5.74) is 2.00. The van der Waals surface area contributed by atoms with Gasteiger partial charge >= 0.3 is 0 Å². The van der Waals surface area contributed by atoms with Gasteiger partial charge in [0.1, 0.15) is 24.7 Å². The number of methoxy groups -OCH3 is 1. The number of hydrogen-bond donors (Lipinski definition) is 1. The van der Waals surface area contributed by atoms with Gasteiger partial charge in [0.2, 0.25) is 5.91 Å². The molecule has 1 aliphatic heterocycles. The van der Waals surface area contributed by atoms with Crippen LogP contribution < -0.4 is 14.8 Å². The average molecular weight is 771 g/mol. The second-order valence-electron chi connectivity index (χ2n) is 8.07. The second kappa shape index (κ2) is 12.8. The van der Waals surface area contributed by atoms with Crippen molar-refractivity contribution in [3.8, 4) is 11.5 Å². The Morgan fingerprint density at radius 1 is 1.08 bits per heavy atom. The van der Waals surface area contributed by atoms with E-state index in [1.54, 1.807) is 42.5 Å². The van der Waals surface area contributed by atoms with Crippen LogP contribution in [-0.4, -0.2) is 40.5 Å². The minimum absolute atomic E-state index is 0.00884. The van der Waals surface area contributed by atoms with Gasteiger partial charge in [-0.1, -0.05) is 0 Å². The van der Waals surface area contributed by atoms with Crippen molar-refractivity contribution < 1.29 is 28.8 Å². The molecule has 1 aliphatic rings. The summed E-state index contributed by atoms with van der Waals surface area (Å²) >= 11 is 5.02. The molecule has 39 heavy (non-hydrogen) atoms. The van der Waals surface area contributed by atoms with E-state index in [4.69, 9.17) is 9.47 Å². The van der Waals surface area contributed by atoms with Gasteiger partial charge in [-0.3, -0.25) is 29.4 Å². The third-order valence-electron chi connectivity index (χ3n) is 5.40. The van der Waals surface area contributed by atoms with Crippen molar-refractivity contribution in [2.75, 3.05) is 19.0 Å². The molecule has 3 aromatic rings. The number of nitrogens with one attached hydrogen (secondary N) is 1. The fourth-order valence-electron chi connectivity index (χ4n) is 3.48. The SMILES string of the molecule is COc1ccc(NC(=O)CN2C(=O)S/C(=C/c3cc(I)c(OCc4ccc([N+](=O)[O-])cc4)c(I)c3)C2=O)cc1. The molecule has 13 heteroatoms. The van der Waals surface area contributed by atoms with Crippen LogP contribution in [0.4, 0.5) is 16.2 Å². The molecule has 0 saturated carbocycles. The van der Waals surface area contributed by atoms with Crippen molar-refractivity contribution in [1.29, 1.82) is 0 Å². The molecule has 10 nitrogen and oxygen atoms in total. The summed E-state index contributed by atoms with van der Waals surface area (Å²) in [4.78, 5) is 49.3. The Bertz CT molecular complexity index is 1450. The number of carbonyl (C=O) groups excluding carboxylic acids is 3. The van der Waals surface area contributed by atoms with Crippen molar-refractivity contribution in [3.63, 3.8) is 0 Å². The smallest absolute Gasteiger partial charge is 0.294 e. The lowest BCUT2D eigenvalue weighted by atomic mass is 10.2. The molecule has 1 saturated heterocycles. The number of halogens is 2. The molecule has 4 rings (SSSR count). The topological polar surface area (TPSA) is 128 Å². The lowest BCUT2D eigenvalue weighted by Gasteiger charge is -2.13. The molecule has 0 radical (unpaired) electrons. The van der Waals surface area contributed by atoms with E-state index < -0.39 is 28.5 Å². The first kappa shape index (κ1) is 28.8. The Hall–Kier alpha value is -3.18. The second-order valence-corrected chi connectivity index (χ2v) is 11.4. The maximum Gasteiger partial charge on any atom is 0.294 e. The van der Waals surface area contributed by atoms with Crippen LogP contribution in [0.2, 0.25) is 0 Å². The van der Waals surface area contributed by atoms with E-state index in [2.05, 4.69) is 50.5 Å². The van der Waals surface area contributed by atoms with Crippen LogP contribution in [0.25, 0.3) is 6.08 Å². The maximum absolute atomic E-state index is 12.9. The molecular formula is C26H19I2N3O7S. The fraction of sp³-hybridized carbons (Fsp3) is 0.115. The molecule has 1 fully saturated rings. The molecule has 0 aromatic heterocycles. The number of nitrogens with zero attached hydrogens (tertiary/aromatic N) is 2. The molecule has 0 bridgehead atoms. The number of non-ortho nitro benzene ring substituents is 1. The van der Waals surface area contributed by atoms with Crippen molar-refractivity contribution in [1.82, 2.24) is 4.90 Å². The highest BCUT2D eigenvalue weighted by Crippen LogP contribution is 2.35. The Labute approximate surface area is 254 Å². The van der Waals surface area contributed by atoms with Gasteiger partial charge in [-0.2, -0.15) is 0 Å². The first-order valence-corrected chi connectivity index (χ1v) is 14.2. The summed E-state index contributed by atoms with van der Waals surface area (Å²) in [5.74, 6) is 0.230. The average Bonchev–Trinajstić information content (AvgIpc) is 3.16. The van der Waals surface area contributed by atoms with Gasteiger partial charge < -0.3 is 14.8 Å². The zero-order chi connectivity index (χ0) is 28.1. The highest BCUT2D eigenvalue weighted by atomic mass is 127. The first-order valence-electron chi connectivity index (χ1n) is 11.2. The summed E-state index contributed by atoms with van der Waals surface area (Å²) < 4.78 is 12.6. The highest BCUT2D eigenvalue weighted by molar-refractivity contribution is 14.1. The number of imide groups is 1. The minimum Gasteiger partial charge on any atom is -0.497 e. The largest absolute Gasteiger partial charge is 0.497 e. The molecular weight excluding hydrogens is 752 g/mol. The lowest BCUT2D eigenvalue weighted by Crippen LogP contribution is -2.36. The number of anilines is 1. The van der Waals surface area contributed by atoms with E-state index >= 15 is 0 Å². The van der Waals surface area contributed by atoms with E-state index in [0.29, 0.717) is 22.7 Å². The third-order valence-corrected chi connectivity index (χ3v) is 7.91. The van der Waals surface area contributed by atoms with E-state index in [1.807, 2.05) is 12.1 Å². The number of nitro benzene ring substituents is 1. The zero-order valence-electron chi connectivity index (χ0n) is 20.2. The molecule has 1 N–H and O–H groups in total. The maximum atomic E-state index is 12.9. The van der Waals surface area contributed by atoms with Crippen LogP contribution in [-0.2, 0) is 16.2 Å². The van der Waals surface area contributed by atoms with E-state index in [1.165, 1.54) is 19.2 Å². The summed E-state index contributed by atoms with van der Waals surface area (Å²) in [6, 6.07) is 16.5. The number of thioether (sulfide) groups is 1. The van der Waals surface area contributed by atoms with Gasteiger partial charge in [-0.25, -0.2) is 0 Å². The van der Waals surface area contributed by atoms with Crippen LogP contribution >= 0.6 is 56.9 Å². The number of carbonyl (C=O) groups is 3. The Balaban J connectivity index is 1.41. The molecule has 3 aromatic carbocycles. The van der Waals surface area contributed by atoms with Crippen molar-refractivity contribution >= 4 is 91.4 Å². The number of nitro groups is 1. The van der Waals surface area contributed by atoms with Crippen LogP contribution in [0, 0.1) is 17.3 Å². The molecule has 200 valence electrons. The van der Waals surface area contributed by atoms with Gasteiger partial charge in [0.05, 0.1) is 24.1 Å². The van der Waals surface area contributed by atoms with Gasteiger partial charge in [0.25, 0.3) is 16.8 Å². The normalized spacial score (nSPS) is 14.0. The molecule has 1 heterocycles. The van der Waals surface area contributed by atoms with Gasteiger partial charge in [-0.05, 0) is 123 Å². The standard InChI is InChI=1S/C26H19I2N3O7S/c1-37-19-8-4-17(5-9-19)29-23(32)13-30-25(33)22(39-26(30)34)12-16-10-20(27)24(21(28)11-16)38-14-15-2-6-18(7-3-15)31(35)36/h2-12H,13-14H2,1H3,(H,29,32)/b22-12+. The Morgan fingerprint density at radius 3 is 2.31 bits per heavy atom. The van der Waals surface area contributed by atoms with Crippen molar-refractivity contribution in [2.45, 2.75) is 6.61 Å². The minimum atomic E-state index is -0.543. The van der Waals surface area contributed by atoms with Crippen LogP contribution in [0.15, 0.2) is 65.6 Å². The van der Waals surface area contributed by atoms with E-state index in [-0.39, 0.29) is 17.2 Å². The number of benzene rings is 3. The summed E-state index contributed by atoms with van der Waals surface area (Å²) in [6.45, 7) is -0.181. The van der Waals surface area contributed by atoms with Gasteiger partial charge in [0, 0.05) is 17.8 Å². The third kappa shape index (κ3) is 7.27. The van der Waals surface area contributed by atoms with E-state index in [0.717, 1.165) is 29.4 Å². The predicted molar refractivity (Wildman–Crippen MR) is 164 cm³/mol. The fourth-order valence-corrected chi connectivity index (χ4v) is 6.44. The van der Waals surface area contributed by atoms with Crippen molar-refractivity contribution in [2.24, 2.45) is 0 Å². The van der Waals surface area contributed by atoms with Crippen LogP contribution in [0.3, 0.4) is 0 Å². The molecule has 0 aliphatic carbocycles. The van der Waals surface area contributed by atoms with Crippen LogP contribution in [0.5, 0.6) is 11.5 Å². The Morgan fingerprint density at radius 2 is 1.72 bits per heavy atom. The number of hydrogen-bond acceptors (Lipinski definition) is 8. The molecule has 0 atom stereocenters. The van der Waals surface area contributed by atoms with Gasteiger partial charge in [-0.15, -0.1) is 0 Å². The lowest BCUT2D eigenvalue weighted by molar-refractivity contribution is -0.384. The summed E-state index contributed by atoms with van der Waals surface area (Å²) in [5, 5.41) is 13.0. The number of ether oxygens (including phenoxy) is 2. The van der Waals surface area contributed by atoms with Gasteiger partial charge in [0.15, 0.2) is 0 Å². The van der Waals surface area contributed by atoms with E-state index in [9.17, 15) is 24.5 Å². The highest BCUT2D eigenvalue weighted by Gasteiger charge is 2.36. The number of rotatable bonds is 9. The quantitative estimate of drug-likeness (QED) is 0.120. The molecule has 3 amide bonds. The van der Waals surface area contributed by atoms with Crippen molar-refractivity contribution in [3.05, 3.63) is 94.0 Å².